The molecular formula is C32H55NO2. The molecule has 2 aliphatic heterocycles. The summed E-state index contributed by atoms with van der Waals surface area (Å²) in [5.41, 5.74) is 3.49. The Hall–Kier alpha value is -1.74. The first kappa shape index (κ1) is 33.3. The van der Waals surface area contributed by atoms with Crippen LogP contribution in [0.5, 0.6) is 0 Å². The van der Waals surface area contributed by atoms with E-state index in [2.05, 4.69) is 39.5 Å². The van der Waals surface area contributed by atoms with Gasteiger partial charge in [0.1, 0.15) is 5.78 Å². The fourth-order valence-electron chi connectivity index (χ4n) is 4.86. The van der Waals surface area contributed by atoms with Crippen LogP contribution in [0.25, 0.3) is 5.57 Å². The molecule has 3 rings (SSSR count). The van der Waals surface area contributed by atoms with Gasteiger partial charge < -0.3 is 0 Å². The number of hydrogen-bond donors (Lipinski definition) is 0. The zero-order chi connectivity index (χ0) is 27.2. The largest absolute Gasteiger partial charge is 0.299 e. The van der Waals surface area contributed by atoms with E-state index in [0.717, 1.165) is 22.6 Å². The molecule has 3 nitrogen and oxygen atoms in total. The first-order chi connectivity index (χ1) is 16.4. The summed E-state index contributed by atoms with van der Waals surface area (Å²) in [5, 5.41) is 0. The highest BCUT2D eigenvalue weighted by Crippen LogP contribution is 2.37. The van der Waals surface area contributed by atoms with Crippen LogP contribution in [-0.4, -0.2) is 35.1 Å². The van der Waals surface area contributed by atoms with Gasteiger partial charge in [0.05, 0.1) is 6.54 Å². The summed E-state index contributed by atoms with van der Waals surface area (Å²) in [6, 6.07) is 9.35. The van der Waals surface area contributed by atoms with Gasteiger partial charge in [-0.15, -0.1) is 0 Å². The van der Waals surface area contributed by atoms with Crippen LogP contribution in [0.3, 0.4) is 0 Å². The van der Waals surface area contributed by atoms with Crippen LogP contribution in [0.15, 0.2) is 30.3 Å². The van der Waals surface area contributed by atoms with E-state index in [-0.39, 0.29) is 5.78 Å². The zero-order valence-corrected chi connectivity index (χ0v) is 24.8. The van der Waals surface area contributed by atoms with Crippen LogP contribution in [0.4, 0.5) is 0 Å². The van der Waals surface area contributed by atoms with Crippen molar-refractivity contribution in [3.63, 3.8) is 0 Å². The summed E-state index contributed by atoms with van der Waals surface area (Å²) in [7, 11) is 0. The Balaban J connectivity index is 0.000000529. The Morgan fingerprint density at radius 3 is 1.86 bits per heavy atom. The van der Waals surface area contributed by atoms with Gasteiger partial charge in [-0.25, -0.2) is 0 Å². The Labute approximate surface area is 217 Å². The second kappa shape index (κ2) is 16.8. The van der Waals surface area contributed by atoms with Gasteiger partial charge in [-0.3, -0.25) is 14.5 Å². The molecule has 2 heterocycles. The van der Waals surface area contributed by atoms with E-state index in [0.29, 0.717) is 29.8 Å². The first-order valence-electron chi connectivity index (χ1n) is 13.9. The van der Waals surface area contributed by atoms with Gasteiger partial charge in [0, 0.05) is 17.7 Å². The molecule has 0 amide bonds. The van der Waals surface area contributed by atoms with Gasteiger partial charge in [-0.1, -0.05) is 91.6 Å². The van der Waals surface area contributed by atoms with Crippen molar-refractivity contribution in [3.05, 3.63) is 41.5 Å². The van der Waals surface area contributed by atoms with E-state index in [1.54, 1.807) is 13.8 Å². The van der Waals surface area contributed by atoms with Crippen LogP contribution in [0.1, 0.15) is 119 Å². The Morgan fingerprint density at radius 1 is 1.00 bits per heavy atom. The summed E-state index contributed by atoms with van der Waals surface area (Å²) < 4.78 is 0. The number of carbonyl (C=O) groups is 2. The second-order valence-corrected chi connectivity index (χ2v) is 11.4. The van der Waals surface area contributed by atoms with Crippen LogP contribution in [0, 0.1) is 18.3 Å². The maximum Gasteiger partial charge on any atom is 0.160 e. The number of ketones is 2. The minimum absolute atomic E-state index is 0.122. The molecule has 2 bridgehead atoms. The van der Waals surface area contributed by atoms with Gasteiger partial charge in [-0.2, -0.15) is 0 Å². The summed E-state index contributed by atoms with van der Waals surface area (Å²) in [5.74, 6) is 1.38. The molecule has 3 heteroatoms. The Kier molecular flexibility index (Phi) is 16.0. The molecule has 1 aromatic rings. The highest BCUT2D eigenvalue weighted by Gasteiger charge is 2.37. The standard InChI is InChI=1S/C13H23NO.C12H14O.C5H12.C2H6/c1-3-11-7-12-5-4-6-13(8-11)14(12)9-10(2)15;1-4-11(10(3)13)12-8-6-5-7-9(12)2;1-5(2,3)4;1-2/h11-13H,3-9H2,1-2H3;4-8H,1-3H3;1-4H3;1-2H3/b;11-4-;;. The Bertz CT molecular complexity index is 767. The predicted molar refractivity (Wildman–Crippen MR) is 154 cm³/mol. The van der Waals surface area contributed by atoms with Crippen molar-refractivity contribution in [2.45, 2.75) is 127 Å². The number of nitrogens with zero attached hydrogens (tertiary/aromatic N) is 1. The number of piperidine rings is 2. The van der Waals surface area contributed by atoms with E-state index in [1.165, 1.54) is 38.5 Å². The minimum atomic E-state index is 0.122. The van der Waals surface area contributed by atoms with Crippen LogP contribution in [0.2, 0.25) is 0 Å². The fourth-order valence-corrected chi connectivity index (χ4v) is 4.86. The topological polar surface area (TPSA) is 37.4 Å². The number of benzene rings is 1. The normalized spacial score (nSPS) is 21.8. The number of aryl methyl sites for hydroxylation is 1. The molecule has 1 aromatic carbocycles. The fraction of sp³-hybridized carbons (Fsp3) is 0.688. The number of allylic oxidation sites excluding steroid dienone is 2. The molecule has 35 heavy (non-hydrogen) atoms. The maximum atomic E-state index is 11.3. The molecule has 0 saturated carbocycles. The van der Waals surface area contributed by atoms with E-state index in [1.807, 2.05) is 58.0 Å². The van der Waals surface area contributed by atoms with Gasteiger partial charge in [0.25, 0.3) is 0 Å². The number of Topliss-reactive ketones (excluding diaryl/α,β-unsaturated/α-hetero) is 2. The van der Waals surface area contributed by atoms with Crippen LogP contribution >= 0.6 is 0 Å². The molecule has 2 unspecified atom stereocenters. The average molecular weight is 486 g/mol. The van der Waals surface area contributed by atoms with Crippen molar-refractivity contribution in [3.8, 4) is 0 Å². The maximum absolute atomic E-state index is 11.3. The van der Waals surface area contributed by atoms with Crippen molar-refractivity contribution < 1.29 is 9.59 Å². The summed E-state index contributed by atoms with van der Waals surface area (Å²) in [4.78, 5) is 25.0. The van der Waals surface area contributed by atoms with E-state index in [9.17, 15) is 9.59 Å². The lowest BCUT2D eigenvalue weighted by atomic mass is 9.77. The lowest BCUT2D eigenvalue weighted by Crippen LogP contribution is -2.53. The third-order valence-corrected chi connectivity index (χ3v) is 6.31. The van der Waals surface area contributed by atoms with Crippen molar-refractivity contribution >= 4 is 17.1 Å². The van der Waals surface area contributed by atoms with E-state index < -0.39 is 0 Å². The van der Waals surface area contributed by atoms with Crippen molar-refractivity contribution in [1.29, 1.82) is 0 Å². The molecule has 2 saturated heterocycles. The van der Waals surface area contributed by atoms with Gasteiger partial charge in [0.2, 0.25) is 0 Å². The molecule has 2 aliphatic rings. The number of fused-ring (bicyclic) bond motifs is 2. The minimum Gasteiger partial charge on any atom is -0.299 e. The Morgan fingerprint density at radius 2 is 1.49 bits per heavy atom. The molecule has 0 N–H and O–H groups in total. The third-order valence-electron chi connectivity index (χ3n) is 6.31. The van der Waals surface area contributed by atoms with Crippen molar-refractivity contribution in [2.24, 2.45) is 11.3 Å². The zero-order valence-electron chi connectivity index (χ0n) is 24.8. The molecule has 0 radical (unpaired) electrons. The smallest absolute Gasteiger partial charge is 0.160 e. The van der Waals surface area contributed by atoms with Crippen LogP contribution in [-0.2, 0) is 9.59 Å². The van der Waals surface area contributed by atoms with Crippen molar-refractivity contribution in [1.82, 2.24) is 4.90 Å². The third kappa shape index (κ3) is 13.2. The molecule has 2 atom stereocenters. The van der Waals surface area contributed by atoms with Crippen molar-refractivity contribution in [2.75, 3.05) is 6.54 Å². The molecular weight excluding hydrogens is 430 g/mol. The number of hydrogen-bond acceptors (Lipinski definition) is 3. The van der Waals surface area contributed by atoms with E-state index in [4.69, 9.17) is 0 Å². The van der Waals surface area contributed by atoms with E-state index >= 15 is 0 Å². The monoisotopic (exact) mass is 485 g/mol. The van der Waals surface area contributed by atoms with Gasteiger partial charge in [-0.05, 0) is 75.8 Å². The summed E-state index contributed by atoms with van der Waals surface area (Å²) in [6.07, 6.45) is 9.87. The van der Waals surface area contributed by atoms with Gasteiger partial charge in [0.15, 0.2) is 5.78 Å². The predicted octanol–water partition coefficient (Wildman–Crippen LogP) is 8.68. The lowest BCUT2D eigenvalue weighted by Gasteiger charge is -2.48. The number of carbonyl (C=O) groups excluding carboxylic acids is 2. The second-order valence-electron chi connectivity index (χ2n) is 11.4. The molecule has 2 fully saturated rings. The molecule has 0 aromatic heterocycles. The number of rotatable bonds is 5. The molecule has 0 aliphatic carbocycles. The van der Waals surface area contributed by atoms with Crippen LogP contribution < -0.4 is 0 Å². The summed E-state index contributed by atoms with van der Waals surface area (Å²) in [6.45, 7) is 23.0. The first-order valence-corrected chi connectivity index (χ1v) is 13.9. The lowest BCUT2D eigenvalue weighted by molar-refractivity contribution is -0.121. The molecule has 200 valence electrons. The average Bonchev–Trinajstić information content (AvgIpc) is 2.75. The quantitative estimate of drug-likeness (QED) is 0.391. The highest BCUT2D eigenvalue weighted by atomic mass is 16.1. The SMILES string of the molecule is C/C=C(/C(C)=O)c1ccccc1C.CC.CC(C)(C)C.CCC1CC2CCCC(C1)N2CC(C)=O. The highest BCUT2D eigenvalue weighted by molar-refractivity contribution is 6.19. The van der Waals surface area contributed by atoms with Gasteiger partial charge >= 0.3 is 0 Å². The molecule has 0 spiro atoms. The summed E-state index contributed by atoms with van der Waals surface area (Å²) >= 11 is 0.